The molecule has 0 spiro atoms. The first kappa shape index (κ1) is 14.7. The van der Waals surface area contributed by atoms with Crippen LogP contribution < -0.4 is 0 Å². The predicted octanol–water partition coefficient (Wildman–Crippen LogP) is 1.52. The standard InChI is InChI=1S/C14H19NO5/c16-11-6-4-2-1-3-5-10(11)9-14(19)20-15-12(17)7-8-13(15)18/h10H,1-9H2. The lowest BCUT2D eigenvalue weighted by molar-refractivity contribution is -0.198. The zero-order valence-electron chi connectivity index (χ0n) is 11.4. The molecular formula is C14H19NO5. The molecular weight excluding hydrogens is 262 g/mol. The molecule has 1 saturated carbocycles. The first-order valence-corrected chi connectivity index (χ1v) is 7.17. The van der Waals surface area contributed by atoms with Crippen LogP contribution in [0.25, 0.3) is 0 Å². The highest BCUT2D eigenvalue weighted by molar-refractivity contribution is 6.01. The van der Waals surface area contributed by atoms with Crippen molar-refractivity contribution in [1.29, 1.82) is 0 Å². The molecule has 1 aliphatic carbocycles. The molecule has 110 valence electrons. The number of carbonyl (C=O) groups excluding carboxylic acids is 4. The summed E-state index contributed by atoms with van der Waals surface area (Å²) in [5.74, 6) is -1.91. The molecule has 6 heteroatoms. The molecule has 2 fully saturated rings. The van der Waals surface area contributed by atoms with Gasteiger partial charge < -0.3 is 4.84 Å². The smallest absolute Gasteiger partial charge is 0.330 e. The molecule has 1 saturated heterocycles. The van der Waals surface area contributed by atoms with Gasteiger partial charge in [0.1, 0.15) is 5.78 Å². The van der Waals surface area contributed by atoms with E-state index in [9.17, 15) is 19.2 Å². The number of nitrogens with zero attached hydrogens (tertiary/aromatic N) is 1. The fraction of sp³-hybridized carbons (Fsp3) is 0.714. The second-order valence-corrected chi connectivity index (χ2v) is 5.37. The Labute approximate surface area is 117 Å². The number of hydroxylamine groups is 2. The maximum Gasteiger partial charge on any atom is 0.333 e. The zero-order chi connectivity index (χ0) is 14.5. The lowest BCUT2D eigenvalue weighted by Gasteiger charge is -2.19. The van der Waals surface area contributed by atoms with E-state index in [2.05, 4.69) is 0 Å². The normalized spacial score (nSPS) is 24.5. The molecule has 6 nitrogen and oxygen atoms in total. The fourth-order valence-corrected chi connectivity index (χ4v) is 2.62. The van der Waals surface area contributed by atoms with Gasteiger partial charge in [0.15, 0.2) is 0 Å². The van der Waals surface area contributed by atoms with Crippen molar-refractivity contribution in [3.8, 4) is 0 Å². The third-order valence-corrected chi connectivity index (χ3v) is 3.79. The van der Waals surface area contributed by atoms with Gasteiger partial charge in [-0.2, -0.15) is 0 Å². The van der Waals surface area contributed by atoms with Crippen LogP contribution in [0.5, 0.6) is 0 Å². The van der Waals surface area contributed by atoms with Gasteiger partial charge in [0.25, 0.3) is 11.8 Å². The van der Waals surface area contributed by atoms with Gasteiger partial charge in [-0.1, -0.05) is 19.3 Å². The Hall–Kier alpha value is -1.72. The third-order valence-electron chi connectivity index (χ3n) is 3.79. The molecule has 1 atom stereocenters. The minimum atomic E-state index is -0.674. The summed E-state index contributed by atoms with van der Waals surface area (Å²) in [7, 11) is 0. The number of amides is 2. The minimum absolute atomic E-state index is 0.0457. The number of ketones is 1. The number of Topliss-reactive ketones (excluding diaryl/α,β-unsaturated/α-hetero) is 1. The number of hydrogen-bond acceptors (Lipinski definition) is 5. The average molecular weight is 281 g/mol. The van der Waals surface area contributed by atoms with E-state index in [1.54, 1.807) is 0 Å². The Kier molecular flexibility index (Phi) is 4.87. The van der Waals surface area contributed by atoms with E-state index in [-0.39, 0.29) is 31.0 Å². The van der Waals surface area contributed by atoms with E-state index in [1.165, 1.54) is 0 Å². The quantitative estimate of drug-likeness (QED) is 0.733. The Bertz CT molecular complexity index is 415. The summed E-state index contributed by atoms with van der Waals surface area (Å²) in [5.41, 5.74) is 0. The summed E-state index contributed by atoms with van der Waals surface area (Å²) in [4.78, 5) is 51.2. The van der Waals surface area contributed by atoms with Crippen LogP contribution in [0.15, 0.2) is 0 Å². The number of hydrogen-bond donors (Lipinski definition) is 0. The summed E-state index contributed by atoms with van der Waals surface area (Å²) >= 11 is 0. The van der Waals surface area contributed by atoms with Crippen LogP contribution in [0.3, 0.4) is 0 Å². The Morgan fingerprint density at radius 3 is 2.35 bits per heavy atom. The lowest BCUT2D eigenvalue weighted by Crippen LogP contribution is -2.33. The van der Waals surface area contributed by atoms with Gasteiger partial charge in [-0.25, -0.2) is 4.79 Å². The van der Waals surface area contributed by atoms with Crippen LogP contribution in [-0.2, 0) is 24.0 Å². The molecule has 0 bridgehead atoms. The van der Waals surface area contributed by atoms with E-state index >= 15 is 0 Å². The maximum absolute atomic E-state index is 11.9. The Morgan fingerprint density at radius 1 is 1.00 bits per heavy atom. The largest absolute Gasteiger partial charge is 0.333 e. The number of rotatable bonds is 3. The summed E-state index contributed by atoms with van der Waals surface area (Å²) in [6.07, 6.45) is 5.20. The molecule has 0 aromatic rings. The lowest BCUT2D eigenvalue weighted by atomic mass is 9.88. The topological polar surface area (TPSA) is 80.8 Å². The summed E-state index contributed by atoms with van der Waals surface area (Å²) in [6.45, 7) is 0. The van der Waals surface area contributed by atoms with Crippen molar-refractivity contribution >= 4 is 23.6 Å². The minimum Gasteiger partial charge on any atom is -0.330 e. The zero-order valence-corrected chi connectivity index (χ0v) is 11.4. The summed E-state index contributed by atoms with van der Waals surface area (Å²) in [5, 5.41) is 0.537. The molecule has 0 N–H and O–H groups in total. The average Bonchev–Trinajstić information content (AvgIpc) is 2.70. The first-order valence-electron chi connectivity index (χ1n) is 7.17. The van der Waals surface area contributed by atoms with Crippen LogP contribution >= 0.6 is 0 Å². The molecule has 20 heavy (non-hydrogen) atoms. The Morgan fingerprint density at radius 2 is 1.65 bits per heavy atom. The molecule has 2 rings (SSSR count). The van der Waals surface area contributed by atoms with Crippen molar-refractivity contribution in [3.63, 3.8) is 0 Å². The molecule has 0 aromatic carbocycles. The second-order valence-electron chi connectivity index (χ2n) is 5.37. The van der Waals surface area contributed by atoms with Gasteiger partial charge in [-0.3, -0.25) is 14.4 Å². The van der Waals surface area contributed by atoms with Crippen LogP contribution in [0.4, 0.5) is 0 Å². The van der Waals surface area contributed by atoms with Gasteiger partial charge in [0.2, 0.25) is 0 Å². The first-order chi connectivity index (χ1) is 9.58. The molecule has 2 amide bonds. The van der Waals surface area contributed by atoms with Gasteiger partial charge in [0.05, 0.1) is 6.42 Å². The summed E-state index contributed by atoms with van der Waals surface area (Å²) in [6, 6.07) is 0. The van der Waals surface area contributed by atoms with Crippen molar-refractivity contribution in [2.24, 2.45) is 5.92 Å². The van der Waals surface area contributed by atoms with Gasteiger partial charge in [-0.05, 0) is 12.8 Å². The predicted molar refractivity (Wildman–Crippen MR) is 68.0 cm³/mol. The second kappa shape index (κ2) is 6.63. The van der Waals surface area contributed by atoms with Crippen molar-refractivity contribution in [3.05, 3.63) is 0 Å². The third kappa shape index (κ3) is 3.65. The van der Waals surface area contributed by atoms with Crippen molar-refractivity contribution in [1.82, 2.24) is 5.06 Å². The van der Waals surface area contributed by atoms with E-state index in [0.717, 1.165) is 25.7 Å². The van der Waals surface area contributed by atoms with Crippen molar-refractivity contribution in [2.75, 3.05) is 0 Å². The van der Waals surface area contributed by atoms with E-state index < -0.39 is 17.8 Å². The highest BCUT2D eigenvalue weighted by Crippen LogP contribution is 2.23. The molecule has 1 aliphatic heterocycles. The van der Waals surface area contributed by atoms with Gasteiger partial charge in [0, 0.05) is 25.2 Å². The van der Waals surface area contributed by atoms with E-state index in [0.29, 0.717) is 17.9 Å². The van der Waals surface area contributed by atoms with Crippen LogP contribution in [0.2, 0.25) is 0 Å². The van der Waals surface area contributed by atoms with Gasteiger partial charge >= 0.3 is 5.97 Å². The van der Waals surface area contributed by atoms with Crippen LogP contribution in [0, 0.1) is 5.92 Å². The highest BCUT2D eigenvalue weighted by atomic mass is 16.7. The van der Waals surface area contributed by atoms with Crippen molar-refractivity contribution < 1.29 is 24.0 Å². The van der Waals surface area contributed by atoms with Gasteiger partial charge in [-0.15, -0.1) is 5.06 Å². The molecule has 1 heterocycles. The fourth-order valence-electron chi connectivity index (χ4n) is 2.62. The monoisotopic (exact) mass is 281 g/mol. The molecule has 2 aliphatic rings. The van der Waals surface area contributed by atoms with E-state index in [1.807, 2.05) is 0 Å². The highest BCUT2D eigenvalue weighted by Gasteiger charge is 2.34. The molecule has 0 aromatic heterocycles. The van der Waals surface area contributed by atoms with Crippen LogP contribution in [-0.4, -0.2) is 28.6 Å². The maximum atomic E-state index is 11.9. The van der Waals surface area contributed by atoms with Crippen molar-refractivity contribution in [2.45, 2.75) is 57.8 Å². The SMILES string of the molecule is O=C(CC1CCCCCCC1=O)ON1C(=O)CCC1=O. The summed E-state index contributed by atoms with van der Waals surface area (Å²) < 4.78 is 0. The van der Waals surface area contributed by atoms with Crippen LogP contribution in [0.1, 0.15) is 57.8 Å². The molecule has 1 unspecified atom stereocenters. The van der Waals surface area contributed by atoms with E-state index in [4.69, 9.17) is 4.84 Å². The Balaban J connectivity index is 1.87. The number of imide groups is 1. The number of carbonyl (C=O) groups is 4. The molecule has 0 radical (unpaired) electrons.